The summed E-state index contributed by atoms with van der Waals surface area (Å²) in [5.74, 6) is 0. The quantitative estimate of drug-likeness (QED) is 0.174. The van der Waals surface area contributed by atoms with Gasteiger partial charge in [-0.25, -0.2) is 0 Å². The van der Waals surface area contributed by atoms with Crippen LogP contribution in [-0.4, -0.2) is 9.13 Å². The van der Waals surface area contributed by atoms with Crippen LogP contribution in [0, 0.1) is 0 Å². The molecule has 0 aliphatic heterocycles. The number of para-hydroxylation sites is 1. The van der Waals surface area contributed by atoms with E-state index in [4.69, 9.17) is 0 Å². The van der Waals surface area contributed by atoms with E-state index in [1.54, 1.807) is 0 Å². The van der Waals surface area contributed by atoms with Gasteiger partial charge in [0.05, 0.1) is 22.1 Å². The Morgan fingerprint density at radius 2 is 0.907 bits per heavy atom. The molecule has 2 heteroatoms. The molecule has 0 radical (unpaired) electrons. The molecule has 10 aromatic rings. The van der Waals surface area contributed by atoms with Gasteiger partial charge in [-0.15, -0.1) is 0 Å². The van der Waals surface area contributed by atoms with E-state index in [0.29, 0.717) is 0 Å². The Balaban J connectivity index is 1.23. The molecule has 0 bridgehead atoms. The van der Waals surface area contributed by atoms with Gasteiger partial charge in [0, 0.05) is 32.9 Å². The number of hydrogen-bond donors (Lipinski definition) is 0. The number of aromatic nitrogens is 2. The van der Waals surface area contributed by atoms with Crippen LogP contribution in [0.3, 0.4) is 0 Å². The van der Waals surface area contributed by atoms with Crippen LogP contribution in [-0.2, 0) is 10.8 Å². The van der Waals surface area contributed by atoms with Crippen molar-refractivity contribution in [1.29, 1.82) is 0 Å². The van der Waals surface area contributed by atoms with Crippen molar-refractivity contribution in [3.63, 3.8) is 0 Å². The number of rotatable bonds is 3. The van der Waals surface area contributed by atoms with Gasteiger partial charge >= 0.3 is 0 Å². The van der Waals surface area contributed by atoms with Gasteiger partial charge in [-0.2, -0.15) is 0 Å². The maximum absolute atomic E-state index is 2.56. The standard InChI is InChI=1S/C52H42N2/c1-51(2)26-27-52(3,4)45-32-49-41(29-44(45)51)42-30-48-43(31-47(42)54(49)38-15-6-5-7-16-38)50-40-17-11-10-13-35(40)22-25-46(50)53(48)39-23-20-34(21-24-39)37-19-18-33-12-8-9-14-36(33)28-37/h5-25,28-32H,26-27H2,1-4H3. The van der Waals surface area contributed by atoms with Crippen LogP contribution in [0.4, 0.5) is 0 Å². The topological polar surface area (TPSA) is 9.86 Å². The first-order chi connectivity index (χ1) is 26.2. The van der Waals surface area contributed by atoms with Crippen LogP contribution < -0.4 is 0 Å². The minimum absolute atomic E-state index is 0.116. The summed E-state index contributed by atoms with van der Waals surface area (Å²) in [6, 6.07) is 59.0. The molecule has 0 amide bonds. The first-order valence-electron chi connectivity index (χ1n) is 19.4. The Morgan fingerprint density at radius 3 is 1.69 bits per heavy atom. The van der Waals surface area contributed by atoms with Crippen molar-refractivity contribution in [2.24, 2.45) is 0 Å². The Kier molecular flexibility index (Phi) is 6.51. The van der Waals surface area contributed by atoms with Gasteiger partial charge in [0.15, 0.2) is 0 Å². The maximum atomic E-state index is 2.56. The lowest BCUT2D eigenvalue weighted by molar-refractivity contribution is 0.332. The molecule has 2 heterocycles. The summed E-state index contributed by atoms with van der Waals surface area (Å²) < 4.78 is 5.02. The minimum Gasteiger partial charge on any atom is -0.309 e. The van der Waals surface area contributed by atoms with Crippen LogP contribution in [0.1, 0.15) is 51.7 Å². The Hall–Kier alpha value is -6.12. The highest BCUT2D eigenvalue weighted by Crippen LogP contribution is 2.49. The monoisotopic (exact) mass is 694 g/mol. The average molecular weight is 695 g/mol. The van der Waals surface area contributed by atoms with Gasteiger partial charge in [-0.1, -0.05) is 125 Å². The van der Waals surface area contributed by atoms with E-state index in [9.17, 15) is 0 Å². The van der Waals surface area contributed by atoms with E-state index in [2.05, 4.69) is 195 Å². The summed E-state index contributed by atoms with van der Waals surface area (Å²) in [5.41, 5.74) is 13.0. The highest BCUT2D eigenvalue weighted by Gasteiger charge is 2.38. The van der Waals surface area contributed by atoms with E-state index >= 15 is 0 Å². The lowest BCUT2D eigenvalue weighted by atomic mass is 9.63. The predicted molar refractivity (Wildman–Crippen MR) is 231 cm³/mol. The number of hydrogen-bond acceptors (Lipinski definition) is 0. The van der Waals surface area contributed by atoms with Crippen molar-refractivity contribution >= 4 is 65.2 Å². The largest absolute Gasteiger partial charge is 0.309 e. The zero-order valence-electron chi connectivity index (χ0n) is 31.3. The maximum Gasteiger partial charge on any atom is 0.0549 e. The van der Waals surface area contributed by atoms with E-state index < -0.39 is 0 Å². The van der Waals surface area contributed by atoms with Crippen molar-refractivity contribution in [2.45, 2.75) is 51.4 Å². The molecule has 0 N–H and O–H groups in total. The van der Waals surface area contributed by atoms with E-state index in [-0.39, 0.29) is 10.8 Å². The first kappa shape index (κ1) is 31.4. The van der Waals surface area contributed by atoms with Gasteiger partial charge in [0.2, 0.25) is 0 Å². The van der Waals surface area contributed by atoms with E-state index in [0.717, 1.165) is 0 Å². The summed E-state index contributed by atoms with van der Waals surface area (Å²) in [5, 5.41) is 10.3. The number of fused-ring (bicyclic) bond motifs is 10. The second kappa shape index (κ2) is 11.2. The minimum atomic E-state index is 0.116. The van der Waals surface area contributed by atoms with Gasteiger partial charge in [0.25, 0.3) is 0 Å². The number of benzene rings is 8. The van der Waals surface area contributed by atoms with Crippen molar-refractivity contribution in [2.75, 3.05) is 0 Å². The normalized spacial score (nSPS) is 15.2. The zero-order chi connectivity index (χ0) is 36.3. The van der Waals surface area contributed by atoms with Crippen molar-refractivity contribution < 1.29 is 0 Å². The summed E-state index contributed by atoms with van der Waals surface area (Å²) in [6.07, 6.45) is 2.38. The summed E-state index contributed by atoms with van der Waals surface area (Å²) in [4.78, 5) is 0. The molecule has 1 aliphatic carbocycles. The molecule has 0 unspecified atom stereocenters. The SMILES string of the molecule is CC1(C)CCC(C)(C)c2cc3c(cc21)c1cc2c(cc1n3-c1ccccc1)c1c3ccccc3ccc1n2-c1ccc(-c2ccc3ccccc3c2)cc1. The van der Waals surface area contributed by atoms with Gasteiger partial charge in [-0.3, -0.25) is 0 Å². The Morgan fingerprint density at radius 1 is 0.370 bits per heavy atom. The van der Waals surface area contributed by atoms with Crippen molar-refractivity contribution in [3.05, 3.63) is 169 Å². The van der Waals surface area contributed by atoms with Crippen LogP contribution in [0.15, 0.2) is 158 Å². The zero-order valence-corrected chi connectivity index (χ0v) is 31.3. The lowest BCUT2D eigenvalue weighted by Crippen LogP contribution is -2.33. The third kappa shape index (κ3) is 4.53. The van der Waals surface area contributed by atoms with Gasteiger partial charge in [0.1, 0.15) is 0 Å². The third-order valence-corrected chi connectivity index (χ3v) is 12.7. The molecule has 11 rings (SSSR count). The molecule has 2 aromatic heterocycles. The Labute approximate surface area is 315 Å². The molecule has 1 aliphatic rings. The first-order valence-corrected chi connectivity index (χ1v) is 19.4. The molecule has 0 saturated carbocycles. The fraction of sp³-hybridized carbons (Fsp3) is 0.154. The molecule has 0 fully saturated rings. The fourth-order valence-electron chi connectivity index (χ4n) is 9.66. The lowest BCUT2D eigenvalue weighted by Gasteiger charge is -2.42. The molecule has 2 nitrogen and oxygen atoms in total. The predicted octanol–water partition coefficient (Wildman–Crippen LogP) is 14.2. The number of nitrogens with zero attached hydrogens (tertiary/aromatic N) is 2. The van der Waals surface area contributed by atoms with Crippen molar-refractivity contribution in [1.82, 2.24) is 9.13 Å². The smallest absolute Gasteiger partial charge is 0.0549 e. The van der Waals surface area contributed by atoms with E-state index in [1.807, 2.05) is 0 Å². The highest BCUT2D eigenvalue weighted by molar-refractivity contribution is 6.25. The van der Waals surface area contributed by atoms with E-state index in [1.165, 1.54) is 112 Å². The Bertz CT molecular complexity index is 3130. The molecule has 8 aromatic carbocycles. The molecule has 0 atom stereocenters. The molecule has 260 valence electrons. The molecular weight excluding hydrogens is 653 g/mol. The molecule has 0 spiro atoms. The van der Waals surface area contributed by atoms with Crippen LogP contribution in [0.2, 0.25) is 0 Å². The summed E-state index contributed by atoms with van der Waals surface area (Å²) in [6.45, 7) is 9.74. The second-order valence-corrected chi connectivity index (χ2v) is 16.9. The summed E-state index contributed by atoms with van der Waals surface area (Å²) in [7, 11) is 0. The third-order valence-electron chi connectivity index (χ3n) is 12.7. The van der Waals surface area contributed by atoms with Gasteiger partial charge < -0.3 is 9.13 Å². The van der Waals surface area contributed by atoms with Crippen LogP contribution in [0.25, 0.3) is 87.7 Å². The fourth-order valence-corrected chi connectivity index (χ4v) is 9.66. The molecular formula is C52H42N2. The van der Waals surface area contributed by atoms with Gasteiger partial charge in [-0.05, 0) is 128 Å². The van der Waals surface area contributed by atoms with Crippen LogP contribution >= 0.6 is 0 Å². The van der Waals surface area contributed by atoms with Crippen LogP contribution in [0.5, 0.6) is 0 Å². The second-order valence-electron chi connectivity index (χ2n) is 16.9. The van der Waals surface area contributed by atoms with Crippen molar-refractivity contribution in [3.8, 4) is 22.5 Å². The average Bonchev–Trinajstić information content (AvgIpc) is 3.70. The molecule has 54 heavy (non-hydrogen) atoms. The highest BCUT2D eigenvalue weighted by atomic mass is 15.0. The summed E-state index contributed by atoms with van der Waals surface area (Å²) >= 11 is 0. The molecule has 0 saturated heterocycles.